The molecule has 0 aromatic carbocycles. The molecular formula is C14H19NO6S. The summed E-state index contributed by atoms with van der Waals surface area (Å²) in [6, 6.07) is 1.92. The highest BCUT2D eigenvalue weighted by Gasteiger charge is 2.21. The number of esters is 1. The van der Waals surface area contributed by atoms with E-state index in [1.54, 1.807) is 0 Å². The van der Waals surface area contributed by atoms with Crippen molar-refractivity contribution >= 4 is 29.4 Å². The number of nitrogens with one attached hydrogen (secondary N) is 1. The molecule has 22 heavy (non-hydrogen) atoms. The maximum atomic E-state index is 11.5. The molecule has 1 heterocycles. The number of amides is 1. The Hall–Kier alpha value is -2.09. The van der Waals surface area contributed by atoms with Gasteiger partial charge in [-0.05, 0) is 30.4 Å². The van der Waals surface area contributed by atoms with E-state index in [2.05, 4.69) is 10.1 Å². The van der Waals surface area contributed by atoms with Gasteiger partial charge in [-0.15, -0.1) is 11.3 Å². The highest BCUT2D eigenvalue weighted by atomic mass is 32.1. The summed E-state index contributed by atoms with van der Waals surface area (Å²) < 4.78 is 9.41. The van der Waals surface area contributed by atoms with Crippen molar-refractivity contribution in [3.63, 3.8) is 0 Å². The quantitative estimate of drug-likeness (QED) is 0.585. The number of alkyl carbamates (subject to hydrolysis) is 1. The number of thiophene rings is 1. The molecule has 1 aromatic heterocycles. The summed E-state index contributed by atoms with van der Waals surface area (Å²) in [5, 5.41) is 13.5. The number of carbonyl (C=O) groups excluding carboxylic acids is 2. The van der Waals surface area contributed by atoms with Crippen LogP contribution in [0.4, 0.5) is 4.79 Å². The van der Waals surface area contributed by atoms with Gasteiger partial charge in [-0.3, -0.25) is 9.59 Å². The molecule has 0 saturated heterocycles. The van der Waals surface area contributed by atoms with Gasteiger partial charge in [-0.2, -0.15) is 0 Å². The van der Waals surface area contributed by atoms with Gasteiger partial charge < -0.3 is 19.9 Å². The molecule has 7 nitrogen and oxygen atoms in total. The second kappa shape index (κ2) is 8.38. The van der Waals surface area contributed by atoms with Gasteiger partial charge in [0, 0.05) is 25.3 Å². The van der Waals surface area contributed by atoms with Gasteiger partial charge >= 0.3 is 18.0 Å². The minimum atomic E-state index is -1.03. The summed E-state index contributed by atoms with van der Waals surface area (Å²) in [5.74, 6) is -2.33. The number of carboxylic acid groups (broad SMARTS) is 1. The van der Waals surface area contributed by atoms with Crippen LogP contribution in [0, 0.1) is 12.8 Å². The molecule has 0 spiro atoms. The molecule has 0 aliphatic carbocycles. The Morgan fingerprint density at radius 3 is 2.55 bits per heavy atom. The Morgan fingerprint density at radius 1 is 1.36 bits per heavy atom. The summed E-state index contributed by atoms with van der Waals surface area (Å²) in [5.41, 5.74) is 1.03. The average molecular weight is 329 g/mol. The number of ether oxygens (including phenoxy) is 2. The molecule has 8 heteroatoms. The maximum Gasteiger partial charge on any atom is 0.410 e. The largest absolute Gasteiger partial charge is 0.481 e. The molecule has 0 bridgehead atoms. The van der Waals surface area contributed by atoms with Crippen molar-refractivity contribution in [3.8, 4) is 0 Å². The molecule has 2 atom stereocenters. The first-order valence-electron chi connectivity index (χ1n) is 6.67. The molecule has 2 N–H and O–H groups in total. The predicted octanol–water partition coefficient (Wildman–Crippen LogP) is 1.94. The zero-order valence-corrected chi connectivity index (χ0v) is 13.4. The van der Waals surface area contributed by atoms with Gasteiger partial charge in [-0.1, -0.05) is 0 Å². The number of rotatable bonds is 7. The first kappa shape index (κ1) is 18.0. The van der Waals surface area contributed by atoms with Gasteiger partial charge in [0.05, 0.1) is 5.92 Å². The fourth-order valence-electron chi connectivity index (χ4n) is 1.74. The number of carboxylic acids is 1. The third kappa shape index (κ3) is 6.13. The summed E-state index contributed by atoms with van der Waals surface area (Å²) in [4.78, 5) is 34.4. The van der Waals surface area contributed by atoms with Crippen molar-refractivity contribution in [2.45, 2.75) is 33.5 Å². The van der Waals surface area contributed by atoms with Gasteiger partial charge in [0.15, 0.2) is 0 Å². The van der Waals surface area contributed by atoms with Crippen molar-refractivity contribution in [2.75, 3.05) is 6.54 Å². The van der Waals surface area contributed by atoms with Gasteiger partial charge in [0.25, 0.3) is 0 Å². The molecule has 0 aliphatic heterocycles. The maximum absolute atomic E-state index is 11.5. The van der Waals surface area contributed by atoms with E-state index in [9.17, 15) is 19.5 Å². The van der Waals surface area contributed by atoms with Crippen LogP contribution in [0.2, 0.25) is 0 Å². The molecule has 0 saturated carbocycles. The standard InChI is InChI=1S/C14H19NO6S/c1-8-4-5-22-12(8)6-11(13(17)18)7-15-14(19)21-10(3)20-9(2)16/h4-5,10-11H,6-7H2,1-3H3,(H,15,19)(H,17,18)/t10-,11+/m1/s1. The average Bonchev–Trinajstić information content (AvgIpc) is 2.78. The predicted molar refractivity (Wildman–Crippen MR) is 79.6 cm³/mol. The van der Waals surface area contributed by atoms with E-state index in [4.69, 9.17) is 4.74 Å². The summed E-state index contributed by atoms with van der Waals surface area (Å²) >= 11 is 1.48. The minimum Gasteiger partial charge on any atom is -0.481 e. The third-order valence-electron chi connectivity index (χ3n) is 2.85. The zero-order valence-electron chi connectivity index (χ0n) is 12.6. The lowest BCUT2D eigenvalue weighted by molar-refractivity contribution is -0.162. The second-order valence-corrected chi connectivity index (χ2v) is 5.73. The monoisotopic (exact) mass is 329 g/mol. The highest BCUT2D eigenvalue weighted by molar-refractivity contribution is 7.10. The zero-order chi connectivity index (χ0) is 16.7. The summed E-state index contributed by atoms with van der Waals surface area (Å²) in [6.45, 7) is 4.43. The SMILES string of the molecule is CC(=O)O[C@@H](C)OC(=O)NC[C@H](Cc1sccc1C)C(=O)O. The van der Waals surface area contributed by atoms with Crippen LogP contribution in [0.3, 0.4) is 0 Å². The van der Waals surface area contributed by atoms with E-state index >= 15 is 0 Å². The molecule has 1 amide bonds. The van der Waals surface area contributed by atoms with Crippen LogP contribution in [0.1, 0.15) is 24.3 Å². The van der Waals surface area contributed by atoms with Crippen molar-refractivity contribution in [3.05, 3.63) is 21.9 Å². The van der Waals surface area contributed by atoms with E-state index in [0.717, 1.165) is 10.4 Å². The Morgan fingerprint density at radius 2 is 2.05 bits per heavy atom. The lowest BCUT2D eigenvalue weighted by Gasteiger charge is -2.16. The van der Waals surface area contributed by atoms with Gasteiger partial charge in [0.2, 0.25) is 6.29 Å². The Balaban J connectivity index is 2.47. The first-order valence-corrected chi connectivity index (χ1v) is 7.55. The summed E-state index contributed by atoms with van der Waals surface area (Å²) in [6.07, 6.45) is -1.53. The Kier molecular flexibility index (Phi) is 6.84. The van der Waals surface area contributed by atoms with Crippen molar-refractivity contribution in [1.82, 2.24) is 5.32 Å². The van der Waals surface area contributed by atoms with Crippen LogP contribution in [-0.2, 0) is 25.5 Å². The van der Waals surface area contributed by atoms with Gasteiger partial charge in [0.1, 0.15) is 0 Å². The van der Waals surface area contributed by atoms with Crippen molar-refractivity contribution in [1.29, 1.82) is 0 Å². The first-order chi connectivity index (χ1) is 10.3. The van der Waals surface area contributed by atoms with Crippen LogP contribution in [0.25, 0.3) is 0 Å². The number of hydrogen-bond acceptors (Lipinski definition) is 6. The number of aliphatic carboxylic acids is 1. The lowest BCUT2D eigenvalue weighted by Crippen LogP contribution is -2.36. The smallest absolute Gasteiger partial charge is 0.410 e. The molecule has 1 aromatic rings. The molecule has 122 valence electrons. The topological polar surface area (TPSA) is 102 Å². The van der Waals surface area contributed by atoms with Crippen LogP contribution in [-0.4, -0.2) is 36.0 Å². The van der Waals surface area contributed by atoms with Crippen LogP contribution in [0.5, 0.6) is 0 Å². The second-order valence-electron chi connectivity index (χ2n) is 4.73. The number of aryl methyl sites for hydroxylation is 1. The third-order valence-corrected chi connectivity index (χ3v) is 3.89. The van der Waals surface area contributed by atoms with E-state index in [1.807, 2.05) is 18.4 Å². The van der Waals surface area contributed by atoms with E-state index in [1.165, 1.54) is 25.2 Å². The summed E-state index contributed by atoms with van der Waals surface area (Å²) in [7, 11) is 0. The molecule has 0 fully saturated rings. The van der Waals surface area contributed by atoms with Gasteiger partial charge in [-0.25, -0.2) is 4.79 Å². The molecule has 0 radical (unpaired) electrons. The fraction of sp³-hybridized carbons (Fsp3) is 0.500. The molecule has 0 aliphatic rings. The van der Waals surface area contributed by atoms with Crippen LogP contribution in [0.15, 0.2) is 11.4 Å². The molecule has 0 unspecified atom stereocenters. The fourth-order valence-corrected chi connectivity index (χ4v) is 2.73. The highest BCUT2D eigenvalue weighted by Crippen LogP contribution is 2.19. The Labute approximate surface area is 132 Å². The minimum absolute atomic E-state index is 0.0711. The molecular weight excluding hydrogens is 310 g/mol. The number of carbonyl (C=O) groups is 3. The van der Waals surface area contributed by atoms with E-state index in [0.29, 0.717) is 6.42 Å². The Bertz CT molecular complexity index is 541. The van der Waals surface area contributed by atoms with Crippen LogP contribution < -0.4 is 5.32 Å². The van der Waals surface area contributed by atoms with E-state index < -0.39 is 30.2 Å². The van der Waals surface area contributed by atoms with Crippen molar-refractivity contribution in [2.24, 2.45) is 5.92 Å². The van der Waals surface area contributed by atoms with Crippen molar-refractivity contribution < 1.29 is 29.0 Å². The number of hydrogen-bond donors (Lipinski definition) is 2. The van der Waals surface area contributed by atoms with Crippen LogP contribution >= 0.6 is 11.3 Å². The normalized spacial score (nSPS) is 13.0. The lowest BCUT2D eigenvalue weighted by atomic mass is 10.0. The van der Waals surface area contributed by atoms with E-state index in [-0.39, 0.29) is 6.54 Å². The molecule has 1 rings (SSSR count).